The number of anilines is 1. The van der Waals surface area contributed by atoms with Crippen molar-refractivity contribution in [2.24, 2.45) is 0 Å². The van der Waals surface area contributed by atoms with E-state index in [1.807, 2.05) is 0 Å². The van der Waals surface area contributed by atoms with Crippen LogP contribution in [0.15, 0.2) is 16.7 Å². The van der Waals surface area contributed by atoms with Gasteiger partial charge in [-0.05, 0) is 42.8 Å². The molecule has 1 amide bonds. The first-order chi connectivity index (χ1) is 15.0. The molecule has 2 heterocycles. The number of rotatable bonds is 4. The summed E-state index contributed by atoms with van der Waals surface area (Å²) in [6, 6.07) is 1.03. The number of methoxy groups -OCH3 is 1. The Hall–Kier alpha value is -2.37. The number of ether oxygens (including phenoxy) is 2. The highest BCUT2D eigenvalue weighted by atomic mass is 79.9. The third-order valence-corrected chi connectivity index (χ3v) is 6.22. The van der Waals surface area contributed by atoms with E-state index in [1.165, 1.54) is 18.2 Å². The zero-order valence-electron chi connectivity index (χ0n) is 18.1. The molecule has 0 aliphatic carbocycles. The monoisotopic (exact) mass is 530 g/mol. The lowest BCUT2D eigenvalue weighted by Crippen LogP contribution is -2.57. The maximum absolute atomic E-state index is 12.5. The molecule has 1 aliphatic rings. The topological polar surface area (TPSA) is 118 Å². The largest absolute Gasteiger partial charge is 0.494 e. The Morgan fingerprint density at radius 3 is 2.69 bits per heavy atom. The third-order valence-electron chi connectivity index (χ3n) is 4.99. The van der Waals surface area contributed by atoms with Crippen LogP contribution in [0.5, 0.6) is 5.75 Å². The number of pyridine rings is 1. The number of piperazine rings is 1. The molecule has 12 heteroatoms. The fourth-order valence-corrected chi connectivity index (χ4v) is 4.28. The summed E-state index contributed by atoms with van der Waals surface area (Å²) in [6.07, 6.45) is 0.667. The lowest BCUT2D eigenvalue weighted by Gasteiger charge is -2.42. The fraction of sp³-hybridized carbons (Fsp3) is 0.500. The molecule has 0 unspecified atom stereocenters. The van der Waals surface area contributed by atoms with Crippen molar-refractivity contribution in [3.05, 3.63) is 31.9 Å². The van der Waals surface area contributed by atoms with Crippen LogP contribution in [0, 0.1) is 10.1 Å². The summed E-state index contributed by atoms with van der Waals surface area (Å²) in [5.41, 5.74) is -0.252. The maximum Gasteiger partial charge on any atom is 0.410 e. The summed E-state index contributed by atoms with van der Waals surface area (Å²) in [5, 5.41) is 22.6. The number of amides is 1. The van der Waals surface area contributed by atoms with E-state index in [0.717, 1.165) is 0 Å². The Balaban J connectivity index is 2.12. The molecular weight excluding hydrogens is 508 g/mol. The van der Waals surface area contributed by atoms with E-state index in [-0.39, 0.29) is 48.4 Å². The van der Waals surface area contributed by atoms with Crippen molar-refractivity contribution in [2.75, 3.05) is 38.3 Å². The molecule has 3 rings (SSSR count). The van der Waals surface area contributed by atoms with E-state index in [1.54, 1.807) is 31.7 Å². The van der Waals surface area contributed by atoms with E-state index in [0.29, 0.717) is 15.4 Å². The van der Waals surface area contributed by atoms with Gasteiger partial charge in [-0.25, -0.2) is 9.78 Å². The van der Waals surface area contributed by atoms with Crippen molar-refractivity contribution in [3.8, 4) is 5.75 Å². The number of carbonyl (C=O) groups excluding carboxylic acids is 1. The molecular formula is C20H24BrClN4O6. The van der Waals surface area contributed by atoms with Crippen molar-refractivity contribution < 1.29 is 24.3 Å². The molecule has 1 atom stereocenters. The van der Waals surface area contributed by atoms with Gasteiger partial charge in [0, 0.05) is 24.1 Å². The van der Waals surface area contributed by atoms with Crippen molar-refractivity contribution in [1.29, 1.82) is 0 Å². The van der Waals surface area contributed by atoms with Crippen LogP contribution in [0.25, 0.3) is 10.9 Å². The molecule has 1 fully saturated rings. The molecule has 0 spiro atoms. The quantitative estimate of drug-likeness (QED) is 0.465. The van der Waals surface area contributed by atoms with Crippen LogP contribution in [0.2, 0.25) is 5.02 Å². The van der Waals surface area contributed by atoms with E-state index in [4.69, 9.17) is 21.1 Å². The van der Waals surface area contributed by atoms with Gasteiger partial charge in [-0.3, -0.25) is 10.1 Å². The maximum atomic E-state index is 12.5. The predicted octanol–water partition coefficient (Wildman–Crippen LogP) is 3.99. The molecule has 0 radical (unpaired) electrons. The molecule has 174 valence electrons. The molecule has 1 aromatic carbocycles. The summed E-state index contributed by atoms with van der Waals surface area (Å²) in [7, 11) is 1.42. The highest BCUT2D eigenvalue weighted by Crippen LogP contribution is 2.46. The van der Waals surface area contributed by atoms with Crippen molar-refractivity contribution >= 4 is 55.9 Å². The van der Waals surface area contributed by atoms with Gasteiger partial charge in [0.1, 0.15) is 23.2 Å². The number of fused-ring (bicyclic) bond motifs is 1. The van der Waals surface area contributed by atoms with Crippen LogP contribution in [-0.4, -0.2) is 71.0 Å². The second-order valence-electron chi connectivity index (χ2n) is 8.31. The summed E-state index contributed by atoms with van der Waals surface area (Å²) in [4.78, 5) is 31.3. The number of hydrogen-bond acceptors (Lipinski definition) is 8. The van der Waals surface area contributed by atoms with Gasteiger partial charge in [-0.2, -0.15) is 0 Å². The zero-order valence-corrected chi connectivity index (χ0v) is 20.4. The minimum atomic E-state index is -0.666. The lowest BCUT2D eigenvalue weighted by molar-refractivity contribution is -0.384. The number of halogens is 2. The summed E-state index contributed by atoms with van der Waals surface area (Å²) in [5.74, 6) is 0.230. The summed E-state index contributed by atoms with van der Waals surface area (Å²) >= 11 is 9.76. The van der Waals surface area contributed by atoms with Gasteiger partial charge in [0.2, 0.25) is 0 Å². The first-order valence-electron chi connectivity index (χ1n) is 9.83. The Kier molecular flexibility index (Phi) is 7.01. The van der Waals surface area contributed by atoms with Gasteiger partial charge < -0.3 is 24.4 Å². The van der Waals surface area contributed by atoms with Crippen LogP contribution >= 0.6 is 27.5 Å². The first-order valence-corrected chi connectivity index (χ1v) is 11.0. The van der Waals surface area contributed by atoms with E-state index < -0.39 is 22.7 Å². The van der Waals surface area contributed by atoms with Crippen LogP contribution in [0.4, 0.5) is 16.2 Å². The Bertz CT molecular complexity index is 1060. The number of benzene rings is 1. The second kappa shape index (κ2) is 9.24. The Morgan fingerprint density at radius 2 is 2.12 bits per heavy atom. The van der Waals surface area contributed by atoms with Crippen LogP contribution in [0.3, 0.4) is 0 Å². The standard InChI is InChI=1S/C20H24BrClN4O6/c1-20(2,3)32-19(28)24-5-6-25(11(9-24)10-27)17-14(26(29)30)8-23-13-7-12(21)16(22)18(31-4)15(13)17/h7-8,11,27H,5-6,9-10H2,1-4H3/t11-/m1/s1. The minimum absolute atomic E-state index is 0.124. The van der Waals surface area contributed by atoms with Gasteiger partial charge in [-0.1, -0.05) is 11.6 Å². The number of nitro groups is 1. The first kappa shape index (κ1) is 24.3. The molecule has 1 aliphatic heterocycles. The van der Waals surface area contributed by atoms with Crippen molar-refractivity contribution in [2.45, 2.75) is 32.4 Å². The summed E-state index contributed by atoms with van der Waals surface area (Å²) in [6.45, 7) is 5.56. The number of hydrogen-bond donors (Lipinski definition) is 1. The highest BCUT2D eigenvalue weighted by molar-refractivity contribution is 9.10. The van der Waals surface area contributed by atoms with Gasteiger partial charge >= 0.3 is 11.8 Å². The Labute approximate surface area is 198 Å². The van der Waals surface area contributed by atoms with Crippen LogP contribution in [-0.2, 0) is 4.74 Å². The number of aliphatic hydroxyl groups excluding tert-OH is 1. The number of aliphatic hydroxyl groups is 1. The molecule has 0 saturated carbocycles. The normalized spacial score (nSPS) is 16.9. The van der Waals surface area contributed by atoms with Gasteiger partial charge in [0.25, 0.3) is 0 Å². The van der Waals surface area contributed by atoms with E-state index >= 15 is 0 Å². The smallest absolute Gasteiger partial charge is 0.410 e. The van der Waals surface area contributed by atoms with Gasteiger partial charge in [0.05, 0.1) is 40.6 Å². The zero-order chi connectivity index (χ0) is 23.8. The molecule has 1 saturated heterocycles. The predicted molar refractivity (Wildman–Crippen MR) is 124 cm³/mol. The van der Waals surface area contributed by atoms with Gasteiger partial charge in [0.15, 0.2) is 0 Å². The SMILES string of the molecule is COc1c(Cl)c(Br)cc2ncc([N+](=O)[O-])c(N3CCN(C(=O)OC(C)(C)C)C[C@@H]3CO)c12. The molecule has 0 bridgehead atoms. The Morgan fingerprint density at radius 1 is 1.44 bits per heavy atom. The minimum Gasteiger partial charge on any atom is -0.494 e. The average Bonchev–Trinajstić information content (AvgIpc) is 2.72. The van der Waals surface area contributed by atoms with Crippen molar-refractivity contribution in [3.63, 3.8) is 0 Å². The number of aromatic nitrogens is 1. The van der Waals surface area contributed by atoms with Crippen LogP contribution < -0.4 is 9.64 Å². The van der Waals surface area contributed by atoms with Gasteiger partial charge in [-0.15, -0.1) is 0 Å². The third kappa shape index (κ3) is 4.69. The number of nitrogens with zero attached hydrogens (tertiary/aromatic N) is 4. The molecule has 1 aromatic heterocycles. The average molecular weight is 532 g/mol. The molecule has 10 nitrogen and oxygen atoms in total. The molecule has 1 N–H and O–H groups in total. The molecule has 2 aromatic rings. The summed E-state index contributed by atoms with van der Waals surface area (Å²) < 4.78 is 11.5. The molecule has 32 heavy (non-hydrogen) atoms. The highest BCUT2D eigenvalue weighted by Gasteiger charge is 2.37. The fourth-order valence-electron chi connectivity index (χ4n) is 3.65. The lowest BCUT2D eigenvalue weighted by atomic mass is 10.1. The van der Waals surface area contributed by atoms with Crippen molar-refractivity contribution in [1.82, 2.24) is 9.88 Å². The van der Waals surface area contributed by atoms with Crippen LogP contribution in [0.1, 0.15) is 20.8 Å². The second-order valence-corrected chi connectivity index (χ2v) is 9.54. The van der Waals surface area contributed by atoms with E-state index in [9.17, 15) is 20.0 Å². The number of carbonyl (C=O) groups is 1. The van der Waals surface area contributed by atoms with E-state index in [2.05, 4.69) is 20.9 Å².